The van der Waals surface area contributed by atoms with Crippen molar-refractivity contribution in [1.29, 1.82) is 0 Å². The van der Waals surface area contributed by atoms with E-state index in [1.54, 1.807) is 0 Å². The van der Waals surface area contributed by atoms with E-state index in [1.165, 1.54) is 32.1 Å². The van der Waals surface area contributed by atoms with Gasteiger partial charge in [-0.3, -0.25) is 0 Å². The molecule has 3 nitrogen and oxygen atoms in total. The van der Waals surface area contributed by atoms with Gasteiger partial charge in [-0.25, -0.2) is 9.48 Å². The number of nitrogens with zero attached hydrogens (tertiary/aromatic N) is 2. The van der Waals surface area contributed by atoms with E-state index in [0.717, 1.165) is 19.0 Å². The lowest BCUT2D eigenvalue weighted by Gasteiger charge is -2.11. The average Bonchev–Trinajstić information content (AvgIpc) is 2.21. The highest BCUT2D eigenvalue weighted by atomic mass is 16.5. The highest BCUT2D eigenvalue weighted by molar-refractivity contribution is 5.67. The zero-order valence-corrected chi connectivity index (χ0v) is 11.8. The second kappa shape index (κ2) is 9.49. The molecule has 96 valence electrons. The molecule has 0 aromatic heterocycles. The van der Waals surface area contributed by atoms with Crippen molar-refractivity contribution in [3.63, 3.8) is 0 Å². The normalized spacial score (nSPS) is 10.1. The minimum absolute atomic E-state index is 0.831. The first-order chi connectivity index (χ1) is 7.59. The SMILES string of the molecule is CCCCCCCCOC(N(C)C)=[N+](C)C. The fourth-order valence-corrected chi connectivity index (χ4v) is 1.70. The topological polar surface area (TPSA) is 15.5 Å². The molecule has 0 heterocycles. The minimum Gasteiger partial charge on any atom is -0.432 e. The molecule has 0 amide bonds. The smallest absolute Gasteiger partial charge is 0.432 e. The predicted octanol–water partition coefficient (Wildman–Crippen LogP) is 2.55. The Morgan fingerprint density at radius 1 is 1.00 bits per heavy atom. The van der Waals surface area contributed by atoms with Crippen LogP contribution in [0.2, 0.25) is 0 Å². The van der Waals surface area contributed by atoms with Crippen LogP contribution in [0.5, 0.6) is 0 Å². The summed E-state index contributed by atoms with van der Waals surface area (Å²) >= 11 is 0. The van der Waals surface area contributed by atoms with Crippen LogP contribution in [-0.4, -0.2) is 50.3 Å². The van der Waals surface area contributed by atoms with Crippen LogP contribution in [0.1, 0.15) is 45.4 Å². The zero-order valence-electron chi connectivity index (χ0n) is 11.8. The zero-order chi connectivity index (χ0) is 12.4. The van der Waals surface area contributed by atoms with Gasteiger partial charge in [-0.1, -0.05) is 39.0 Å². The average molecular weight is 229 g/mol. The quantitative estimate of drug-likeness (QED) is 0.288. The Labute approximate surface area is 101 Å². The third-order valence-electron chi connectivity index (χ3n) is 2.49. The molecule has 0 aromatic carbocycles. The molecule has 0 aliphatic heterocycles. The molecule has 0 unspecified atom stereocenters. The first kappa shape index (κ1) is 15.3. The second-order valence-corrected chi connectivity index (χ2v) is 4.69. The fourth-order valence-electron chi connectivity index (χ4n) is 1.70. The monoisotopic (exact) mass is 229 g/mol. The van der Waals surface area contributed by atoms with Crippen molar-refractivity contribution in [3.8, 4) is 0 Å². The van der Waals surface area contributed by atoms with Gasteiger partial charge in [-0.05, 0) is 6.42 Å². The van der Waals surface area contributed by atoms with Crippen molar-refractivity contribution in [2.75, 3.05) is 34.8 Å². The summed E-state index contributed by atoms with van der Waals surface area (Å²) in [6.07, 6.45) is 7.84. The van der Waals surface area contributed by atoms with Gasteiger partial charge in [0.2, 0.25) is 0 Å². The summed E-state index contributed by atoms with van der Waals surface area (Å²) in [6.45, 7) is 3.08. The Balaban J connectivity index is 3.54. The standard InChI is InChI=1S/C13H29N2O/c1-6-7-8-9-10-11-12-16-13(14(2)3)15(4)5/h6-12H2,1-5H3/q+1. The Bertz CT molecular complexity index is 196. The van der Waals surface area contributed by atoms with Crippen LogP contribution in [0, 0.1) is 0 Å². The molecule has 0 spiro atoms. The molecule has 0 aliphatic rings. The van der Waals surface area contributed by atoms with E-state index in [1.807, 2.05) is 37.7 Å². The molecule has 3 heteroatoms. The molecule has 0 bridgehead atoms. The molecule has 0 fully saturated rings. The van der Waals surface area contributed by atoms with Crippen molar-refractivity contribution in [3.05, 3.63) is 0 Å². The molecule has 0 rings (SSSR count). The maximum absolute atomic E-state index is 5.74. The van der Waals surface area contributed by atoms with Crippen molar-refractivity contribution in [2.45, 2.75) is 45.4 Å². The molecule has 0 aliphatic carbocycles. The third kappa shape index (κ3) is 7.55. The Hall–Kier alpha value is -0.730. The number of hydrogen-bond donors (Lipinski definition) is 0. The van der Waals surface area contributed by atoms with Crippen LogP contribution in [0.4, 0.5) is 0 Å². The van der Waals surface area contributed by atoms with E-state index in [-0.39, 0.29) is 0 Å². The predicted molar refractivity (Wildman–Crippen MR) is 70.1 cm³/mol. The highest BCUT2D eigenvalue weighted by Crippen LogP contribution is 2.05. The van der Waals surface area contributed by atoms with Crippen molar-refractivity contribution >= 4 is 6.02 Å². The fraction of sp³-hybridized carbons (Fsp3) is 0.923. The van der Waals surface area contributed by atoms with Crippen molar-refractivity contribution in [2.24, 2.45) is 0 Å². The second-order valence-electron chi connectivity index (χ2n) is 4.69. The van der Waals surface area contributed by atoms with Crippen LogP contribution in [-0.2, 0) is 4.74 Å². The van der Waals surface area contributed by atoms with Crippen molar-refractivity contribution < 1.29 is 9.31 Å². The van der Waals surface area contributed by atoms with Crippen LogP contribution in [0.25, 0.3) is 0 Å². The molecular weight excluding hydrogens is 200 g/mol. The van der Waals surface area contributed by atoms with Gasteiger partial charge in [0, 0.05) is 0 Å². The van der Waals surface area contributed by atoms with Crippen LogP contribution >= 0.6 is 0 Å². The summed E-state index contributed by atoms with van der Waals surface area (Å²) in [6, 6.07) is 0.938. The number of rotatable bonds is 7. The van der Waals surface area contributed by atoms with E-state index in [9.17, 15) is 0 Å². The first-order valence-electron chi connectivity index (χ1n) is 6.44. The Kier molecular flexibility index (Phi) is 9.06. The van der Waals surface area contributed by atoms with Gasteiger partial charge >= 0.3 is 6.02 Å². The summed E-state index contributed by atoms with van der Waals surface area (Å²) in [4.78, 5) is 2.01. The van der Waals surface area contributed by atoms with Gasteiger partial charge in [0.05, 0.1) is 34.8 Å². The minimum atomic E-state index is 0.831. The first-order valence-corrected chi connectivity index (χ1v) is 6.44. The van der Waals surface area contributed by atoms with Gasteiger partial charge in [-0.2, -0.15) is 0 Å². The molecule has 0 saturated heterocycles. The molecular formula is C13H29N2O+. The van der Waals surface area contributed by atoms with E-state index >= 15 is 0 Å². The summed E-state index contributed by atoms with van der Waals surface area (Å²) < 4.78 is 7.75. The molecule has 0 aromatic rings. The van der Waals surface area contributed by atoms with E-state index in [4.69, 9.17) is 4.74 Å². The Morgan fingerprint density at radius 2 is 1.56 bits per heavy atom. The lowest BCUT2D eigenvalue weighted by Crippen LogP contribution is -2.32. The summed E-state index contributed by atoms with van der Waals surface area (Å²) in [5, 5.41) is 0. The third-order valence-corrected chi connectivity index (χ3v) is 2.49. The largest absolute Gasteiger partial charge is 0.445 e. The number of amidine groups is 1. The highest BCUT2D eigenvalue weighted by Gasteiger charge is 2.12. The maximum Gasteiger partial charge on any atom is 0.445 e. The van der Waals surface area contributed by atoms with E-state index in [0.29, 0.717) is 0 Å². The van der Waals surface area contributed by atoms with Gasteiger partial charge in [-0.15, -0.1) is 0 Å². The van der Waals surface area contributed by atoms with Gasteiger partial charge in [0.25, 0.3) is 0 Å². The van der Waals surface area contributed by atoms with Gasteiger partial charge in [0.1, 0.15) is 0 Å². The Morgan fingerprint density at radius 3 is 2.06 bits per heavy atom. The van der Waals surface area contributed by atoms with Gasteiger partial charge in [0.15, 0.2) is 0 Å². The van der Waals surface area contributed by atoms with Crippen LogP contribution in [0.3, 0.4) is 0 Å². The molecule has 0 atom stereocenters. The number of hydrogen-bond acceptors (Lipinski definition) is 1. The lowest BCUT2D eigenvalue weighted by molar-refractivity contribution is -0.480. The maximum atomic E-state index is 5.74. The van der Waals surface area contributed by atoms with E-state index < -0.39 is 0 Å². The molecule has 0 saturated carbocycles. The molecule has 0 N–H and O–H groups in total. The van der Waals surface area contributed by atoms with E-state index in [2.05, 4.69) is 6.92 Å². The van der Waals surface area contributed by atoms with Crippen molar-refractivity contribution in [1.82, 2.24) is 4.90 Å². The lowest BCUT2D eigenvalue weighted by atomic mass is 10.1. The summed E-state index contributed by atoms with van der Waals surface area (Å²) in [7, 11) is 8.04. The summed E-state index contributed by atoms with van der Waals surface area (Å²) in [5.41, 5.74) is 0. The van der Waals surface area contributed by atoms with Crippen LogP contribution in [0.15, 0.2) is 0 Å². The van der Waals surface area contributed by atoms with Gasteiger partial charge < -0.3 is 4.74 Å². The molecule has 16 heavy (non-hydrogen) atoms. The number of ether oxygens (including phenoxy) is 1. The summed E-state index contributed by atoms with van der Waals surface area (Å²) in [5.74, 6) is 0. The number of unbranched alkanes of at least 4 members (excludes halogenated alkanes) is 5. The van der Waals surface area contributed by atoms with Crippen LogP contribution < -0.4 is 0 Å². The molecule has 0 radical (unpaired) electrons.